The van der Waals surface area contributed by atoms with Gasteiger partial charge in [0.15, 0.2) is 6.61 Å². The van der Waals surface area contributed by atoms with Gasteiger partial charge in [-0.25, -0.2) is 0 Å². The van der Waals surface area contributed by atoms with Crippen molar-refractivity contribution in [2.75, 3.05) is 19.8 Å². The molecule has 0 unspecified atom stereocenters. The molecule has 4 rings (SSSR count). The maximum Gasteiger partial charge on any atom is 0.258 e. The zero-order chi connectivity index (χ0) is 19.2. The van der Waals surface area contributed by atoms with Gasteiger partial charge in [0.25, 0.3) is 5.91 Å². The van der Waals surface area contributed by atoms with Crippen molar-refractivity contribution in [3.63, 3.8) is 0 Å². The SMILES string of the molecule is O=C(COc1ccc2ccccc2c1)NCCOc1cccc2ccccc12. The van der Waals surface area contributed by atoms with Crippen LogP contribution in [-0.2, 0) is 4.79 Å². The molecule has 4 aromatic rings. The number of ether oxygens (including phenoxy) is 2. The normalized spacial score (nSPS) is 10.7. The molecule has 0 aliphatic rings. The average molecular weight is 371 g/mol. The molecule has 140 valence electrons. The van der Waals surface area contributed by atoms with Crippen molar-refractivity contribution in [3.8, 4) is 11.5 Å². The lowest BCUT2D eigenvalue weighted by Crippen LogP contribution is -2.32. The average Bonchev–Trinajstić information content (AvgIpc) is 2.75. The van der Waals surface area contributed by atoms with Crippen LogP contribution in [0.2, 0.25) is 0 Å². The molecule has 0 fully saturated rings. The number of hydrogen-bond acceptors (Lipinski definition) is 3. The molecule has 0 aliphatic carbocycles. The summed E-state index contributed by atoms with van der Waals surface area (Å²) in [5.74, 6) is 1.33. The fourth-order valence-corrected chi connectivity index (χ4v) is 3.13. The third-order valence-electron chi connectivity index (χ3n) is 4.52. The maximum atomic E-state index is 12.0. The van der Waals surface area contributed by atoms with Crippen LogP contribution in [0.3, 0.4) is 0 Å². The summed E-state index contributed by atoms with van der Waals surface area (Å²) in [7, 11) is 0. The largest absolute Gasteiger partial charge is 0.491 e. The minimum atomic E-state index is -0.172. The van der Waals surface area contributed by atoms with Crippen LogP contribution in [0.1, 0.15) is 0 Å². The van der Waals surface area contributed by atoms with E-state index in [4.69, 9.17) is 9.47 Å². The number of fused-ring (bicyclic) bond motifs is 2. The highest BCUT2D eigenvalue weighted by molar-refractivity contribution is 5.88. The molecule has 0 heterocycles. The van der Waals surface area contributed by atoms with Crippen LogP contribution in [0.4, 0.5) is 0 Å². The van der Waals surface area contributed by atoms with Crippen molar-refractivity contribution in [1.82, 2.24) is 5.32 Å². The van der Waals surface area contributed by atoms with Crippen molar-refractivity contribution in [3.05, 3.63) is 84.9 Å². The second-order valence-electron chi connectivity index (χ2n) is 6.47. The molecule has 4 heteroatoms. The van der Waals surface area contributed by atoms with E-state index in [0.717, 1.165) is 27.3 Å². The van der Waals surface area contributed by atoms with E-state index >= 15 is 0 Å². The summed E-state index contributed by atoms with van der Waals surface area (Å²) < 4.78 is 11.4. The van der Waals surface area contributed by atoms with E-state index in [1.165, 1.54) is 0 Å². The van der Waals surface area contributed by atoms with Crippen molar-refractivity contribution >= 4 is 27.5 Å². The van der Waals surface area contributed by atoms with Crippen LogP contribution in [0, 0.1) is 0 Å². The first-order valence-corrected chi connectivity index (χ1v) is 9.28. The minimum Gasteiger partial charge on any atom is -0.491 e. The van der Waals surface area contributed by atoms with Gasteiger partial charge < -0.3 is 14.8 Å². The molecule has 0 bridgehead atoms. The van der Waals surface area contributed by atoms with Crippen LogP contribution in [-0.4, -0.2) is 25.7 Å². The van der Waals surface area contributed by atoms with E-state index < -0.39 is 0 Å². The number of rotatable bonds is 7. The van der Waals surface area contributed by atoms with Crippen molar-refractivity contribution in [2.24, 2.45) is 0 Å². The summed E-state index contributed by atoms with van der Waals surface area (Å²) in [5.41, 5.74) is 0. The lowest BCUT2D eigenvalue weighted by Gasteiger charge is -2.11. The van der Waals surface area contributed by atoms with Gasteiger partial charge in [0.1, 0.15) is 18.1 Å². The predicted molar refractivity (Wildman–Crippen MR) is 112 cm³/mol. The van der Waals surface area contributed by atoms with E-state index in [1.807, 2.05) is 84.9 Å². The molecular formula is C24H21NO3. The molecule has 0 aliphatic heterocycles. The second-order valence-corrected chi connectivity index (χ2v) is 6.47. The molecule has 0 saturated heterocycles. The second kappa shape index (κ2) is 8.44. The van der Waals surface area contributed by atoms with Crippen molar-refractivity contribution < 1.29 is 14.3 Å². The Hall–Kier alpha value is -3.53. The molecule has 1 N–H and O–H groups in total. The van der Waals surface area contributed by atoms with Crippen LogP contribution in [0.15, 0.2) is 84.9 Å². The fraction of sp³-hybridized carbons (Fsp3) is 0.125. The van der Waals surface area contributed by atoms with Gasteiger partial charge in [-0.1, -0.05) is 66.7 Å². The lowest BCUT2D eigenvalue weighted by atomic mass is 10.1. The zero-order valence-electron chi connectivity index (χ0n) is 15.4. The van der Waals surface area contributed by atoms with Gasteiger partial charge in [0.05, 0.1) is 6.54 Å². The molecule has 0 radical (unpaired) electrons. The Kier molecular flexibility index (Phi) is 5.38. The molecule has 0 saturated carbocycles. The van der Waals surface area contributed by atoms with Gasteiger partial charge in [-0.05, 0) is 34.4 Å². The van der Waals surface area contributed by atoms with Gasteiger partial charge in [0, 0.05) is 5.39 Å². The number of benzene rings is 4. The lowest BCUT2D eigenvalue weighted by molar-refractivity contribution is -0.123. The molecule has 4 aromatic carbocycles. The van der Waals surface area contributed by atoms with Crippen LogP contribution in [0.25, 0.3) is 21.5 Å². The van der Waals surface area contributed by atoms with E-state index in [2.05, 4.69) is 5.32 Å². The van der Waals surface area contributed by atoms with E-state index in [-0.39, 0.29) is 12.5 Å². The van der Waals surface area contributed by atoms with E-state index in [0.29, 0.717) is 18.9 Å². The first-order valence-electron chi connectivity index (χ1n) is 9.28. The minimum absolute atomic E-state index is 0.0212. The summed E-state index contributed by atoms with van der Waals surface area (Å²) in [5, 5.41) is 7.25. The number of hydrogen-bond donors (Lipinski definition) is 1. The Labute approximate surface area is 163 Å². The molecule has 28 heavy (non-hydrogen) atoms. The number of nitrogens with one attached hydrogen (secondary N) is 1. The zero-order valence-corrected chi connectivity index (χ0v) is 15.4. The Morgan fingerprint density at radius 2 is 1.50 bits per heavy atom. The van der Waals surface area contributed by atoms with Crippen LogP contribution in [0.5, 0.6) is 11.5 Å². The number of amides is 1. The molecule has 4 nitrogen and oxygen atoms in total. The molecule has 0 aromatic heterocycles. The molecule has 0 atom stereocenters. The first-order chi connectivity index (χ1) is 13.8. The van der Waals surface area contributed by atoms with Gasteiger partial charge in [0.2, 0.25) is 0 Å². The van der Waals surface area contributed by atoms with E-state index in [1.54, 1.807) is 0 Å². The number of carbonyl (C=O) groups excluding carboxylic acids is 1. The predicted octanol–water partition coefficient (Wildman–Crippen LogP) is 4.57. The standard InChI is InChI=1S/C24H21NO3/c26-24(17-28-21-13-12-18-6-1-2-8-20(18)16-21)25-14-15-27-23-11-5-9-19-7-3-4-10-22(19)23/h1-13,16H,14-15,17H2,(H,25,26). The summed E-state index contributed by atoms with van der Waals surface area (Å²) in [4.78, 5) is 12.0. The topological polar surface area (TPSA) is 47.6 Å². The molecule has 0 spiro atoms. The highest BCUT2D eigenvalue weighted by Crippen LogP contribution is 2.25. The van der Waals surface area contributed by atoms with Gasteiger partial charge in [-0.2, -0.15) is 0 Å². The van der Waals surface area contributed by atoms with Gasteiger partial charge in [-0.3, -0.25) is 4.79 Å². The van der Waals surface area contributed by atoms with Crippen molar-refractivity contribution in [2.45, 2.75) is 0 Å². The Balaban J connectivity index is 1.24. The maximum absolute atomic E-state index is 12.0. The Morgan fingerprint density at radius 3 is 2.39 bits per heavy atom. The fourth-order valence-electron chi connectivity index (χ4n) is 3.13. The monoisotopic (exact) mass is 371 g/mol. The highest BCUT2D eigenvalue weighted by atomic mass is 16.5. The van der Waals surface area contributed by atoms with Gasteiger partial charge in [-0.15, -0.1) is 0 Å². The van der Waals surface area contributed by atoms with Crippen LogP contribution < -0.4 is 14.8 Å². The molecule has 1 amide bonds. The molecular weight excluding hydrogens is 350 g/mol. The van der Waals surface area contributed by atoms with Crippen molar-refractivity contribution in [1.29, 1.82) is 0 Å². The first kappa shape index (κ1) is 17.9. The Morgan fingerprint density at radius 1 is 0.750 bits per heavy atom. The van der Waals surface area contributed by atoms with Crippen LogP contribution >= 0.6 is 0 Å². The third-order valence-corrected chi connectivity index (χ3v) is 4.52. The van der Waals surface area contributed by atoms with Gasteiger partial charge >= 0.3 is 0 Å². The highest BCUT2D eigenvalue weighted by Gasteiger charge is 2.05. The number of carbonyl (C=O) groups is 1. The summed E-state index contributed by atoms with van der Waals surface area (Å²) >= 11 is 0. The summed E-state index contributed by atoms with van der Waals surface area (Å²) in [6.45, 7) is 0.797. The van der Waals surface area contributed by atoms with E-state index in [9.17, 15) is 4.79 Å². The third kappa shape index (κ3) is 4.23. The summed E-state index contributed by atoms with van der Waals surface area (Å²) in [6.07, 6.45) is 0. The Bertz CT molecular complexity index is 1100. The summed E-state index contributed by atoms with van der Waals surface area (Å²) in [6, 6.07) is 27.9. The smallest absolute Gasteiger partial charge is 0.258 e. The quantitative estimate of drug-likeness (QED) is 0.484.